The van der Waals surface area contributed by atoms with E-state index in [0.29, 0.717) is 36.7 Å². The van der Waals surface area contributed by atoms with Crippen molar-refractivity contribution in [3.05, 3.63) is 88.2 Å². The van der Waals surface area contributed by atoms with Gasteiger partial charge in [-0.05, 0) is 42.7 Å². The summed E-state index contributed by atoms with van der Waals surface area (Å²) in [5, 5.41) is -0.00822. The maximum Gasteiger partial charge on any atom is 0.355 e. The van der Waals surface area contributed by atoms with Crippen LogP contribution >= 0.6 is 11.6 Å². The molecule has 0 spiro atoms. The zero-order chi connectivity index (χ0) is 27.8. The fraction of sp³-hybridized carbons (Fsp3) is 0.276. The maximum atomic E-state index is 14.8. The largest absolute Gasteiger partial charge is 0.355 e. The van der Waals surface area contributed by atoms with Gasteiger partial charge >= 0.3 is 5.69 Å². The van der Waals surface area contributed by atoms with E-state index < -0.39 is 11.5 Å². The van der Waals surface area contributed by atoms with Gasteiger partial charge in [-0.1, -0.05) is 62.4 Å². The number of para-hydroxylation sites is 1. The van der Waals surface area contributed by atoms with E-state index in [0.717, 1.165) is 5.56 Å². The second-order valence-corrected chi connectivity index (χ2v) is 10.2. The molecular formula is C29H28ClFN6O2. The van der Waals surface area contributed by atoms with Crippen LogP contribution in [0, 0.1) is 5.82 Å². The van der Waals surface area contributed by atoms with Crippen molar-refractivity contribution in [1.82, 2.24) is 24.4 Å². The highest BCUT2D eigenvalue weighted by atomic mass is 35.5. The van der Waals surface area contributed by atoms with Gasteiger partial charge in [-0.3, -0.25) is 4.79 Å². The van der Waals surface area contributed by atoms with E-state index in [1.165, 1.54) is 16.7 Å². The summed E-state index contributed by atoms with van der Waals surface area (Å²) in [6, 6.07) is 13.5. The van der Waals surface area contributed by atoms with Gasteiger partial charge in [0.25, 0.3) is 0 Å². The number of halogens is 2. The van der Waals surface area contributed by atoms with Crippen LogP contribution in [0.3, 0.4) is 0 Å². The van der Waals surface area contributed by atoms with E-state index in [9.17, 15) is 14.0 Å². The SMILES string of the molecule is C=CC(=O)N1CCN(c2nc(=O)n(-c3ccccc3C(C)C)c3nc(-c4ccccc4F)c(Cl)nc23)[C@@H](C)C1. The molecule has 39 heavy (non-hydrogen) atoms. The molecule has 0 aliphatic carbocycles. The van der Waals surface area contributed by atoms with Crippen LogP contribution in [0.25, 0.3) is 28.1 Å². The molecule has 0 N–H and O–H groups in total. The van der Waals surface area contributed by atoms with E-state index in [4.69, 9.17) is 16.6 Å². The van der Waals surface area contributed by atoms with Crippen molar-refractivity contribution in [3.8, 4) is 16.9 Å². The maximum absolute atomic E-state index is 14.8. The summed E-state index contributed by atoms with van der Waals surface area (Å²) < 4.78 is 16.2. The molecule has 5 rings (SSSR count). The molecule has 0 radical (unpaired) electrons. The van der Waals surface area contributed by atoms with Crippen LogP contribution < -0.4 is 10.6 Å². The Balaban J connectivity index is 1.78. The normalized spacial score (nSPS) is 15.7. The highest BCUT2D eigenvalue weighted by molar-refractivity contribution is 6.32. The average molecular weight is 547 g/mol. The number of carbonyl (C=O) groups is 1. The first-order valence-electron chi connectivity index (χ1n) is 12.7. The van der Waals surface area contributed by atoms with Crippen LogP contribution in [-0.2, 0) is 4.79 Å². The third-order valence-corrected chi connectivity index (χ3v) is 7.23. The first kappa shape index (κ1) is 26.5. The van der Waals surface area contributed by atoms with Crippen LogP contribution in [0.1, 0.15) is 32.3 Å². The Labute approximate surface area is 230 Å². The number of anilines is 1. The number of piperazine rings is 1. The van der Waals surface area contributed by atoms with Crippen molar-refractivity contribution in [2.75, 3.05) is 24.5 Å². The van der Waals surface area contributed by atoms with Crippen LogP contribution in [0.15, 0.2) is 66.0 Å². The van der Waals surface area contributed by atoms with Gasteiger partial charge in [0.1, 0.15) is 11.5 Å². The molecule has 1 aliphatic heterocycles. The number of aromatic nitrogens is 4. The standard InChI is InChI=1S/C29H28ClFN6O2/c1-5-23(38)35-14-15-36(18(4)16-35)27-25-28(33-24(26(30)32-25)20-11-6-8-12-21(20)31)37(29(39)34-27)22-13-9-7-10-19(22)17(2)3/h5-13,17-18H,1,14-16H2,2-4H3/t18-/m0/s1. The van der Waals surface area contributed by atoms with Crippen molar-refractivity contribution >= 4 is 34.5 Å². The van der Waals surface area contributed by atoms with E-state index in [1.54, 1.807) is 23.1 Å². The highest BCUT2D eigenvalue weighted by Crippen LogP contribution is 2.33. The molecule has 1 amide bonds. The first-order chi connectivity index (χ1) is 18.7. The summed E-state index contributed by atoms with van der Waals surface area (Å²) >= 11 is 6.62. The summed E-state index contributed by atoms with van der Waals surface area (Å²) in [6.45, 7) is 10.8. The molecule has 2 aromatic carbocycles. The zero-order valence-electron chi connectivity index (χ0n) is 21.9. The van der Waals surface area contributed by atoms with Crippen molar-refractivity contribution in [3.63, 3.8) is 0 Å². The minimum absolute atomic E-state index is 0.00822. The lowest BCUT2D eigenvalue weighted by Gasteiger charge is -2.40. The summed E-state index contributed by atoms with van der Waals surface area (Å²) in [5.74, 6) is -0.238. The van der Waals surface area contributed by atoms with Gasteiger partial charge in [0.15, 0.2) is 22.1 Å². The lowest BCUT2D eigenvalue weighted by molar-refractivity contribution is -0.126. The fourth-order valence-electron chi connectivity index (χ4n) is 5.02. The fourth-order valence-corrected chi connectivity index (χ4v) is 5.25. The average Bonchev–Trinajstić information content (AvgIpc) is 2.92. The number of carbonyl (C=O) groups excluding carboxylic acids is 1. The minimum Gasteiger partial charge on any atom is -0.348 e. The van der Waals surface area contributed by atoms with Gasteiger partial charge in [-0.15, -0.1) is 0 Å². The lowest BCUT2D eigenvalue weighted by Crippen LogP contribution is -2.54. The van der Waals surface area contributed by atoms with Crippen LogP contribution in [0.4, 0.5) is 10.2 Å². The molecule has 1 saturated heterocycles. The second-order valence-electron chi connectivity index (χ2n) is 9.81. The number of hydrogen-bond donors (Lipinski definition) is 0. The van der Waals surface area contributed by atoms with Crippen LogP contribution in [0.2, 0.25) is 5.15 Å². The van der Waals surface area contributed by atoms with Crippen molar-refractivity contribution in [2.24, 2.45) is 0 Å². The number of nitrogens with zero attached hydrogens (tertiary/aromatic N) is 6. The third kappa shape index (κ3) is 4.78. The zero-order valence-corrected chi connectivity index (χ0v) is 22.7. The topological polar surface area (TPSA) is 84.2 Å². The quantitative estimate of drug-likeness (QED) is 0.328. The minimum atomic E-state index is -0.543. The lowest BCUT2D eigenvalue weighted by atomic mass is 10.0. The number of benzene rings is 2. The van der Waals surface area contributed by atoms with E-state index in [2.05, 4.69) is 16.5 Å². The molecule has 0 unspecified atom stereocenters. The second kappa shape index (κ2) is 10.6. The molecule has 0 saturated carbocycles. The van der Waals surface area contributed by atoms with Gasteiger partial charge in [0.2, 0.25) is 5.91 Å². The van der Waals surface area contributed by atoms with Crippen molar-refractivity contribution in [1.29, 1.82) is 0 Å². The van der Waals surface area contributed by atoms with E-state index in [1.807, 2.05) is 49.9 Å². The van der Waals surface area contributed by atoms with E-state index >= 15 is 0 Å². The number of amides is 1. The molecule has 1 atom stereocenters. The van der Waals surface area contributed by atoms with Crippen LogP contribution in [0.5, 0.6) is 0 Å². The Morgan fingerprint density at radius 3 is 2.51 bits per heavy atom. The number of hydrogen-bond acceptors (Lipinski definition) is 6. The predicted molar refractivity (Wildman–Crippen MR) is 151 cm³/mol. The highest BCUT2D eigenvalue weighted by Gasteiger charge is 2.30. The van der Waals surface area contributed by atoms with Crippen molar-refractivity contribution < 1.29 is 9.18 Å². The van der Waals surface area contributed by atoms with Gasteiger partial charge in [-0.25, -0.2) is 23.7 Å². The molecule has 2 aromatic heterocycles. The first-order valence-corrected chi connectivity index (χ1v) is 13.1. The molecule has 0 bridgehead atoms. The molecule has 8 nitrogen and oxygen atoms in total. The molecular weight excluding hydrogens is 519 g/mol. The Bertz CT molecular complexity index is 1650. The van der Waals surface area contributed by atoms with Gasteiger partial charge in [0.05, 0.1) is 5.69 Å². The van der Waals surface area contributed by atoms with E-state index in [-0.39, 0.29) is 39.9 Å². The molecule has 1 fully saturated rings. The third-order valence-electron chi connectivity index (χ3n) is 6.97. The van der Waals surface area contributed by atoms with Gasteiger partial charge in [0, 0.05) is 31.2 Å². The monoisotopic (exact) mass is 546 g/mol. The molecule has 200 valence electrons. The van der Waals surface area contributed by atoms with Gasteiger partial charge < -0.3 is 9.80 Å². The number of rotatable bonds is 5. The Hall–Kier alpha value is -4.11. The summed E-state index contributed by atoms with van der Waals surface area (Å²) in [5.41, 5.74) is 1.83. The molecule has 1 aliphatic rings. The summed E-state index contributed by atoms with van der Waals surface area (Å²) in [6.07, 6.45) is 1.29. The van der Waals surface area contributed by atoms with Gasteiger partial charge in [-0.2, -0.15) is 4.98 Å². The Morgan fingerprint density at radius 1 is 1.10 bits per heavy atom. The smallest absolute Gasteiger partial charge is 0.348 e. The molecule has 4 aromatic rings. The summed E-state index contributed by atoms with van der Waals surface area (Å²) in [4.78, 5) is 43.5. The predicted octanol–water partition coefficient (Wildman–Crippen LogP) is 4.98. The summed E-state index contributed by atoms with van der Waals surface area (Å²) in [7, 11) is 0. The molecule has 10 heteroatoms. The Kier molecular flexibility index (Phi) is 7.18. The molecule has 3 heterocycles. The Morgan fingerprint density at radius 2 is 1.82 bits per heavy atom. The van der Waals surface area contributed by atoms with Crippen LogP contribution in [-0.4, -0.2) is 56.0 Å². The number of fused-ring (bicyclic) bond motifs is 1. The van der Waals surface area contributed by atoms with Crippen molar-refractivity contribution in [2.45, 2.75) is 32.7 Å².